The van der Waals surface area contributed by atoms with Crippen molar-refractivity contribution in [1.82, 2.24) is 4.90 Å². The van der Waals surface area contributed by atoms with Gasteiger partial charge in [-0.2, -0.15) is 0 Å². The molecule has 0 aromatic heterocycles. The lowest BCUT2D eigenvalue weighted by Crippen LogP contribution is -2.31. The van der Waals surface area contributed by atoms with E-state index in [1.807, 2.05) is 0 Å². The molecule has 9 nitrogen and oxygen atoms in total. The lowest BCUT2D eigenvalue weighted by atomic mass is 10.1. The fourth-order valence-electron chi connectivity index (χ4n) is 3.20. The molecule has 3 rings (SSSR count). The van der Waals surface area contributed by atoms with E-state index in [2.05, 4.69) is 10.6 Å². The number of nitrogens with zero attached hydrogens (tertiary/aromatic N) is 1. The Kier molecular flexibility index (Phi) is 7.34. The van der Waals surface area contributed by atoms with Gasteiger partial charge in [0.1, 0.15) is 11.4 Å². The van der Waals surface area contributed by atoms with E-state index < -0.39 is 17.8 Å². The van der Waals surface area contributed by atoms with Crippen LogP contribution in [0.15, 0.2) is 53.7 Å². The van der Waals surface area contributed by atoms with E-state index in [-0.39, 0.29) is 31.0 Å². The number of esters is 1. The predicted molar refractivity (Wildman–Crippen MR) is 119 cm³/mol. The summed E-state index contributed by atoms with van der Waals surface area (Å²) in [5, 5.41) is 15.3. The van der Waals surface area contributed by atoms with Crippen LogP contribution in [0.1, 0.15) is 10.4 Å². The highest BCUT2D eigenvalue weighted by Crippen LogP contribution is 2.28. The molecule has 2 amide bonds. The zero-order chi connectivity index (χ0) is 23.3. The summed E-state index contributed by atoms with van der Waals surface area (Å²) in [6.07, 6.45) is 0. The highest BCUT2D eigenvalue weighted by Gasteiger charge is 2.34. The van der Waals surface area contributed by atoms with E-state index in [4.69, 9.17) is 26.2 Å². The molecule has 168 valence electrons. The maximum atomic E-state index is 12.8. The number of amides is 2. The van der Waals surface area contributed by atoms with Crippen molar-refractivity contribution in [2.75, 3.05) is 44.5 Å². The number of carbonyl (C=O) groups is 3. The van der Waals surface area contributed by atoms with Gasteiger partial charge < -0.3 is 30.1 Å². The zero-order valence-electron chi connectivity index (χ0n) is 17.5. The number of hydrogen-bond donors (Lipinski definition) is 3. The second-order valence-electron chi connectivity index (χ2n) is 6.80. The van der Waals surface area contributed by atoms with Crippen LogP contribution in [-0.4, -0.2) is 61.7 Å². The van der Waals surface area contributed by atoms with E-state index in [0.717, 1.165) is 0 Å². The van der Waals surface area contributed by atoms with Crippen LogP contribution in [0.3, 0.4) is 0 Å². The normalized spacial score (nSPS) is 13.2. The zero-order valence-corrected chi connectivity index (χ0v) is 18.2. The molecule has 32 heavy (non-hydrogen) atoms. The predicted octanol–water partition coefficient (Wildman–Crippen LogP) is 2.27. The monoisotopic (exact) mass is 459 g/mol. The van der Waals surface area contributed by atoms with Crippen LogP contribution in [0.2, 0.25) is 5.02 Å². The lowest BCUT2D eigenvalue weighted by molar-refractivity contribution is -0.136. The van der Waals surface area contributed by atoms with E-state index in [1.165, 1.54) is 25.2 Å². The van der Waals surface area contributed by atoms with Gasteiger partial charge in [0.2, 0.25) is 0 Å². The minimum Gasteiger partial charge on any atom is -0.495 e. The summed E-state index contributed by atoms with van der Waals surface area (Å²) in [4.78, 5) is 38.9. The Morgan fingerprint density at radius 1 is 1.19 bits per heavy atom. The number of β-amino-alcohol motifs (C(OH)–C–C–N with tert-alkyl or cyclic N) is 1. The third-order valence-corrected chi connectivity index (χ3v) is 4.99. The van der Waals surface area contributed by atoms with Crippen molar-refractivity contribution in [2.45, 2.75) is 0 Å². The second kappa shape index (κ2) is 10.2. The standard InChI is InChI=1S/C22H22ClN3O6/c1-31-18-7-6-14(23)11-17(18)25-20(28)13-4-3-5-15(10-13)24-19-16(22(30)32-2)12-26(8-9-27)21(19)29/h3-7,10-11,24,27H,8-9,12H2,1-2H3,(H,25,28). The summed E-state index contributed by atoms with van der Waals surface area (Å²) >= 11 is 6.01. The van der Waals surface area contributed by atoms with Crippen molar-refractivity contribution >= 4 is 40.8 Å². The first-order valence-corrected chi connectivity index (χ1v) is 9.99. The Hall–Kier alpha value is -3.56. The van der Waals surface area contributed by atoms with Crippen LogP contribution in [0.5, 0.6) is 5.75 Å². The maximum Gasteiger partial charge on any atom is 0.337 e. The molecular weight excluding hydrogens is 438 g/mol. The smallest absolute Gasteiger partial charge is 0.337 e. The molecule has 3 N–H and O–H groups in total. The number of aliphatic hydroxyl groups excluding tert-OH is 1. The summed E-state index contributed by atoms with van der Waals surface area (Å²) in [7, 11) is 2.70. The van der Waals surface area contributed by atoms with Crippen LogP contribution in [-0.2, 0) is 14.3 Å². The molecule has 0 fully saturated rings. The summed E-state index contributed by atoms with van der Waals surface area (Å²) in [5.41, 5.74) is 1.31. The quantitative estimate of drug-likeness (QED) is 0.518. The third-order valence-electron chi connectivity index (χ3n) is 4.76. The molecule has 2 aromatic carbocycles. The summed E-state index contributed by atoms with van der Waals surface area (Å²) in [6.45, 7) is -0.145. The van der Waals surface area contributed by atoms with E-state index in [0.29, 0.717) is 27.7 Å². The van der Waals surface area contributed by atoms with Crippen molar-refractivity contribution in [1.29, 1.82) is 0 Å². The van der Waals surface area contributed by atoms with Gasteiger partial charge >= 0.3 is 5.97 Å². The first-order chi connectivity index (χ1) is 15.4. The van der Waals surface area contributed by atoms with Crippen molar-refractivity contribution in [3.63, 3.8) is 0 Å². The Bertz CT molecular complexity index is 1090. The number of hydrogen-bond acceptors (Lipinski definition) is 7. The molecule has 0 atom stereocenters. The van der Waals surface area contributed by atoms with Crippen LogP contribution < -0.4 is 15.4 Å². The fraction of sp³-hybridized carbons (Fsp3) is 0.227. The minimum absolute atomic E-state index is 0.0170. The number of methoxy groups -OCH3 is 2. The molecule has 1 aliphatic heterocycles. The highest BCUT2D eigenvalue weighted by atomic mass is 35.5. The van der Waals surface area contributed by atoms with Gasteiger partial charge in [-0.25, -0.2) is 4.79 Å². The highest BCUT2D eigenvalue weighted by molar-refractivity contribution is 6.31. The molecule has 1 aliphatic rings. The van der Waals surface area contributed by atoms with Crippen LogP contribution in [0.4, 0.5) is 11.4 Å². The van der Waals surface area contributed by atoms with Crippen molar-refractivity contribution in [3.05, 3.63) is 64.3 Å². The number of halogens is 1. The SMILES string of the molecule is COC(=O)C1=C(Nc2cccc(C(=O)Nc3cc(Cl)ccc3OC)c2)C(=O)N(CCO)C1. The number of carbonyl (C=O) groups excluding carboxylic acids is 3. The van der Waals surface area contributed by atoms with Crippen molar-refractivity contribution < 1.29 is 29.0 Å². The van der Waals surface area contributed by atoms with Crippen LogP contribution >= 0.6 is 11.6 Å². The summed E-state index contributed by atoms with van der Waals surface area (Å²) < 4.78 is 10.0. The largest absolute Gasteiger partial charge is 0.495 e. The molecule has 2 aromatic rings. The molecule has 0 saturated heterocycles. The third kappa shape index (κ3) is 5.01. The van der Waals surface area contributed by atoms with Crippen molar-refractivity contribution in [2.24, 2.45) is 0 Å². The maximum absolute atomic E-state index is 12.8. The molecule has 1 heterocycles. The Morgan fingerprint density at radius 3 is 2.66 bits per heavy atom. The molecular formula is C22H22ClN3O6. The Morgan fingerprint density at radius 2 is 1.97 bits per heavy atom. The van der Waals surface area contributed by atoms with Gasteiger partial charge in [0.25, 0.3) is 11.8 Å². The number of anilines is 2. The number of ether oxygens (including phenoxy) is 2. The van der Waals surface area contributed by atoms with Crippen molar-refractivity contribution in [3.8, 4) is 5.75 Å². The molecule has 0 aliphatic carbocycles. The van der Waals surface area contributed by atoms with E-state index >= 15 is 0 Å². The minimum atomic E-state index is -0.650. The molecule has 0 spiro atoms. The Labute approximate surface area is 189 Å². The Balaban J connectivity index is 1.84. The first kappa shape index (κ1) is 23.1. The molecule has 0 saturated carbocycles. The number of aliphatic hydroxyl groups is 1. The molecule has 0 radical (unpaired) electrons. The second-order valence-corrected chi connectivity index (χ2v) is 7.24. The average molecular weight is 460 g/mol. The van der Waals surface area contributed by atoms with Gasteiger partial charge in [-0.05, 0) is 36.4 Å². The average Bonchev–Trinajstić information content (AvgIpc) is 3.09. The van der Waals surface area contributed by atoms with E-state index in [9.17, 15) is 14.4 Å². The van der Waals surface area contributed by atoms with Gasteiger partial charge in [0.15, 0.2) is 0 Å². The van der Waals surface area contributed by atoms with Gasteiger partial charge in [0, 0.05) is 22.8 Å². The topological polar surface area (TPSA) is 117 Å². The van der Waals surface area contributed by atoms with Crippen LogP contribution in [0, 0.1) is 0 Å². The molecule has 0 bridgehead atoms. The van der Waals surface area contributed by atoms with Gasteiger partial charge in [-0.1, -0.05) is 17.7 Å². The molecule has 0 unspecified atom stereocenters. The number of rotatable bonds is 8. The van der Waals surface area contributed by atoms with Gasteiger partial charge in [-0.15, -0.1) is 0 Å². The first-order valence-electron chi connectivity index (χ1n) is 9.61. The van der Waals surface area contributed by atoms with Gasteiger partial charge in [0.05, 0.1) is 38.6 Å². The number of nitrogens with one attached hydrogen (secondary N) is 2. The molecule has 10 heteroatoms. The van der Waals surface area contributed by atoms with Crippen LogP contribution in [0.25, 0.3) is 0 Å². The van der Waals surface area contributed by atoms with E-state index in [1.54, 1.807) is 36.4 Å². The summed E-state index contributed by atoms with van der Waals surface area (Å²) in [5.74, 6) is -1.07. The lowest BCUT2D eigenvalue weighted by Gasteiger charge is -2.15. The number of benzene rings is 2. The summed E-state index contributed by atoms with van der Waals surface area (Å²) in [6, 6.07) is 11.3. The fourth-order valence-corrected chi connectivity index (χ4v) is 3.38. The van der Waals surface area contributed by atoms with Gasteiger partial charge in [-0.3, -0.25) is 9.59 Å².